The van der Waals surface area contributed by atoms with Crippen LogP contribution in [0.15, 0.2) is 41.3 Å². The van der Waals surface area contributed by atoms with Crippen LogP contribution < -0.4 is 16.3 Å². The molecule has 2 aromatic heterocycles. The van der Waals surface area contributed by atoms with Crippen molar-refractivity contribution < 1.29 is 4.79 Å². The van der Waals surface area contributed by atoms with Crippen molar-refractivity contribution in [3.05, 3.63) is 58.3 Å². The minimum absolute atomic E-state index is 0.00157. The van der Waals surface area contributed by atoms with Gasteiger partial charge >= 0.3 is 5.69 Å². The molecule has 0 aliphatic carbocycles. The Kier molecular flexibility index (Phi) is 5.48. The van der Waals surface area contributed by atoms with Gasteiger partial charge in [-0.15, -0.1) is 0 Å². The number of fused-ring (bicyclic) bond motifs is 1. The summed E-state index contributed by atoms with van der Waals surface area (Å²) in [5.74, 6) is -0.00157. The van der Waals surface area contributed by atoms with E-state index in [-0.39, 0.29) is 11.6 Å². The number of hydrogen-bond donors (Lipinski definition) is 3. The van der Waals surface area contributed by atoms with Gasteiger partial charge in [0.1, 0.15) is 5.65 Å². The normalized spacial score (nSPS) is 11.0. The average Bonchev–Trinajstić information content (AvgIpc) is 2.96. The maximum absolute atomic E-state index is 12.2. The van der Waals surface area contributed by atoms with E-state index in [0.717, 1.165) is 41.8 Å². The fourth-order valence-electron chi connectivity index (χ4n) is 2.80. The Morgan fingerprint density at radius 1 is 1.23 bits per heavy atom. The summed E-state index contributed by atoms with van der Waals surface area (Å²) < 4.78 is 1.56. The van der Waals surface area contributed by atoms with Crippen LogP contribution in [0.2, 0.25) is 0 Å². The Balaban J connectivity index is 1.62. The molecule has 0 unspecified atom stereocenters. The molecule has 0 spiro atoms. The molecule has 0 aliphatic heterocycles. The number of rotatable bonds is 7. The molecule has 7 heteroatoms. The van der Waals surface area contributed by atoms with Crippen molar-refractivity contribution in [1.82, 2.24) is 25.2 Å². The quantitative estimate of drug-likeness (QED) is 0.563. The highest BCUT2D eigenvalue weighted by Crippen LogP contribution is 2.13. The second-order valence-electron chi connectivity index (χ2n) is 6.33. The highest BCUT2D eigenvalue weighted by Gasteiger charge is 2.06. The number of nitrogens with zero attached hydrogens (tertiary/aromatic N) is 2. The lowest BCUT2D eigenvalue weighted by atomic mass is 10.2. The molecule has 3 N–H and O–H groups in total. The van der Waals surface area contributed by atoms with Gasteiger partial charge in [0.2, 0.25) is 5.91 Å². The second-order valence-corrected chi connectivity index (χ2v) is 6.33. The maximum Gasteiger partial charge on any atom is 0.354 e. The van der Waals surface area contributed by atoms with E-state index in [0.29, 0.717) is 12.2 Å². The molecule has 26 heavy (non-hydrogen) atoms. The molecular weight excluding hydrogens is 330 g/mol. The number of aromatic nitrogens is 3. The average molecular weight is 353 g/mol. The molecule has 0 bridgehead atoms. The largest absolute Gasteiger partial charge is 0.356 e. The summed E-state index contributed by atoms with van der Waals surface area (Å²) in [4.78, 5) is 30.2. The third-order valence-corrected chi connectivity index (χ3v) is 4.09. The minimum atomic E-state index is -0.303. The molecule has 1 aromatic carbocycles. The first-order valence-corrected chi connectivity index (χ1v) is 8.66. The van der Waals surface area contributed by atoms with Crippen LogP contribution in [0.4, 0.5) is 0 Å². The van der Waals surface area contributed by atoms with Crippen molar-refractivity contribution in [3.8, 4) is 5.69 Å². The smallest absolute Gasteiger partial charge is 0.354 e. The summed E-state index contributed by atoms with van der Waals surface area (Å²) >= 11 is 0. The Morgan fingerprint density at radius 3 is 2.73 bits per heavy atom. The van der Waals surface area contributed by atoms with Gasteiger partial charge in [0.05, 0.1) is 5.69 Å². The highest BCUT2D eigenvalue weighted by molar-refractivity contribution is 5.75. The first-order chi connectivity index (χ1) is 12.5. The van der Waals surface area contributed by atoms with Crippen molar-refractivity contribution in [2.45, 2.75) is 26.8 Å². The number of aryl methyl sites for hydroxylation is 1. The molecule has 0 atom stereocenters. The lowest BCUT2D eigenvalue weighted by Gasteiger charge is -2.08. The van der Waals surface area contributed by atoms with Crippen LogP contribution >= 0.6 is 0 Å². The summed E-state index contributed by atoms with van der Waals surface area (Å²) in [7, 11) is 0. The lowest BCUT2D eigenvalue weighted by molar-refractivity contribution is -0.118. The maximum atomic E-state index is 12.2. The third kappa shape index (κ3) is 4.37. The van der Waals surface area contributed by atoms with Gasteiger partial charge < -0.3 is 15.6 Å². The summed E-state index contributed by atoms with van der Waals surface area (Å²) in [5.41, 5.74) is 3.21. The topological polar surface area (TPSA) is 91.8 Å². The molecule has 7 nitrogen and oxygen atoms in total. The molecule has 0 fully saturated rings. The van der Waals surface area contributed by atoms with Crippen molar-refractivity contribution in [3.63, 3.8) is 0 Å². The van der Waals surface area contributed by atoms with Crippen LogP contribution in [0.1, 0.15) is 24.6 Å². The van der Waals surface area contributed by atoms with E-state index in [2.05, 4.69) is 20.6 Å². The molecule has 2 heterocycles. The predicted molar refractivity (Wildman–Crippen MR) is 101 cm³/mol. The van der Waals surface area contributed by atoms with E-state index in [9.17, 15) is 9.59 Å². The molecule has 136 valence electrons. The molecular formula is C19H23N5O2. The van der Waals surface area contributed by atoms with Crippen LogP contribution in [0.3, 0.4) is 0 Å². The zero-order valence-electron chi connectivity index (χ0n) is 15.0. The Labute approximate surface area is 151 Å². The minimum Gasteiger partial charge on any atom is -0.356 e. The molecule has 3 rings (SSSR count). The van der Waals surface area contributed by atoms with Gasteiger partial charge in [-0.05, 0) is 43.7 Å². The van der Waals surface area contributed by atoms with E-state index < -0.39 is 0 Å². The Morgan fingerprint density at radius 2 is 2.00 bits per heavy atom. The third-order valence-electron chi connectivity index (χ3n) is 4.09. The standard InChI is InChI=1S/C19H23N5O2/c1-13-10-16-12-24(19(26)23-18(16)22-13)17-6-4-15(5-7-17)11-20-8-3-9-21-14(2)25/h4-7,10,12,20H,3,8-9,11H2,1-2H3,(H,21,25)(H,22,23,26). The van der Waals surface area contributed by atoms with E-state index in [1.54, 1.807) is 4.57 Å². The lowest BCUT2D eigenvalue weighted by Crippen LogP contribution is -2.25. The molecule has 0 saturated heterocycles. The molecule has 0 aliphatic rings. The van der Waals surface area contributed by atoms with Crippen LogP contribution in [0, 0.1) is 6.92 Å². The van der Waals surface area contributed by atoms with Crippen LogP contribution in [0.25, 0.3) is 16.7 Å². The monoisotopic (exact) mass is 353 g/mol. The number of carbonyl (C=O) groups is 1. The summed E-state index contributed by atoms with van der Waals surface area (Å²) in [6, 6.07) is 9.80. The van der Waals surface area contributed by atoms with Crippen molar-refractivity contribution in [2.24, 2.45) is 0 Å². The first kappa shape index (κ1) is 17.9. The van der Waals surface area contributed by atoms with E-state index >= 15 is 0 Å². The SMILES string of the molecule is CC(=O)NCCCNCc1ccc(-n2cc3cc(C)[nH]c3nc2=O)cc1. The number of H-pyrrole nitrogens is 1. The van der Waals surface area contributed by atoms with Gasteiger partial charge in [0, 0.05) is 37.3 Å². The van der Waals surface area contributed by atoms with Gasteiger partial charge in [0.15, 0.2) is 0 Å². The predicted octanol–water partition coefficient (Wildman–Crippen LogP) is 1.64. The second kappa shape index (κ2) is 7.97. The van der Waals surface area contributed by atoms with Crippen molar-refractivity contribution in [1.29, 1.82) is 0 Å². The van der Waals surface area contributed by atoms with Crippen LogP contribution in [-0.4, -0.2) is 33.5 Å². The van der Waals surface area contributed by atoms with Gasteiger partial charge in [-0.3, -0.25) is 9.36 Å². The summed E-state index contributed by atoms with van der Waals surface area (Å²) in [6.07, 6.45) is 2.69. The van der Waals surface area contributed by atoms with Gasteiger partial charge in [-0.1, -0.05) is 12.1 Å². The number of hydrogen-bond acceptors (Lipinski definition) is 4. The Bertz CT molecular complexity index is 956. The fraction of sp³-hybridized carbons (Fsp3) is 0.316. The van der Waals surface area contributed by atoms with E-state index in [1.165, 1.54) is 6.92 Å². The molecule has 0 radical (unpaired) electrons. The summed E-state index contributed by atoms with van der Waals surface area (Å²) in [6.45, 7) is 5.70. The Hall–Kier alpha value is -2.93. The van der Waals surface area contributed by atoms with Crippen LogP contribution in [0.5, 0.6) is 0 Å². The van der Waals surface area contributed by atoms with Crippen molar-refractivity contribution >= 4 is 16.9 Å². The number of carbonyl (C=O) groups excluding carboxylic acids is 1. The number of nitrogens with one attached hydrogen (secondary N) is 3. The van der Waals surface area contributed by atoms with E-state index in [1.807, 2.05) is 43.5 Å². The number of amides is 1. The van der Waals surface area contributed by atoms with E-state index in [4.69, 9.17) is 0 Å². The zero-order chi connectivity index (χ0) is 18.5. The van der Waals surface area contributed by atoms with Crippen LogP contribution in [-0.2, 0) is 11.3 Å². The van der Waals surface area contributed by atoms with Crippen molar-refractivity contribution in [2.75, 3.05) is 13.1 Å². The zero-order valence-corrected chi connectivity index (χ0v) is 15.0. The molecule has 0 saturated carbocycles. The molecule has 1 amide bonds. The number of aromatic amines is 1. The van der Waals surface area contributed by atoms with Gasteiger partial charge in [-0.2, -0.15) is 4.98 Å². The number of benzene rings is 1. The first-order valence-electron chi connectivity index (χ1n) is 8.66. The highest BCUT2D eigenvalue weighted by atomic mass is 16.1. The summed E-state index contributed by atoms with van der Waals surface area (Å²) in [5, 5.41) is 7.02. The molecule has 3 aromatic rings. The van der Waals surface area contributed by atoms with Gasteiger partial charge in [0.25, 0.3) is 0 Å². The fourth-order valence-corrected chi connectivity index (χ4v) is 2.80. The van der Waals surface area contributed by atoms with Gasteiger partial charge in [-0.25, -0.2) is 4.79 Å².